The van der Waals surface area contributed by atoms with Crippen LogP contribution in [0.3, 0.4) is 0 Å². The SMILES string of the molecule is C[C@@H]1CCCN(c2cc(N3CCN(C4CCCCC4)CC3)c3noc4c3c2C(=O)c2ccccc2-4)C1. The smallest absolute Gasteiger partial charge is 0.196 e. The summed E-state index contributed by atoms with van der Waals surface area (Å²) < 4.78 is 6.02. The summed E-state index contributed by atoms with van der Waals surface area (Å²) in [5.74, 6) is 1.48. The van der Waals surface area contributed by atoms with Crippen LogP contribution in [0.25, 0.3) is 22.2 Å². The van der Waals surface area contributed by atoms with Crippen LogP contribution in [0, 0.1) is 5.92 Å². The van der Waals surface area contributed by atoms with Crippen LogP contribution in [0.2, 0.25) is 0 Å². The summed E-state index contributed by atoms with van der Waals surface area (Å²) in [7, 11) is 0. The molecule has 36 heavy (non-hydrogen) atoms. The van der Waals surface area contributed by atoms with Gasteiger partial charge in [-0.1, -0.05) is 55.6 Å². The van der Waals surface area contributed by atoms with Gasteiger partial charge in [0, 0.05) is 56.4 Å². The molecule has 2 aromatic carbocycles. The zero-order chi connectivity index (χ0) is 24.2. The number of fused-ring (bicyclic) bond motifs is 2. The summed E-state index contributed by atoms with van der Waals surface area (Å²) in [5.41, 5.74) is 5.44. The lowest BCUT2D eigenvalue weighted by Gasteiger charge is -2.42. The van der Waals surface area contributed by atoms with Gasteiger partial charge in [0.2, 0.25) is 0 Å². The average Bonchev–Trinajstić information content (AvgIpc) is 3.37. The van der Waals surface area contributed by atoms with Gasteiger partial charge >= 0.3 is 0 Å². The monoisotopic (exact) mass is 484 g/mol. The van der Waals surface area contributed by atoms with Gasteiger partial charge in [0.25, 0.3) is 0 Å². The Morgan fingerprint density at radius 1 is 0.861 bits per heavy atom. The molecule has 1 saturated carbocycles. The van der Waals surface area contributed by atoms with Gasteiger partial charge < -0.3 is 14.3 Å². The minimum Gasteiger partial charge on any atom is -0.371 e. The second-order valence-corrected chi connectivity index (χ2v) is 11.4. The van der Waals surface area contributed by atoms with Crippen LogP contribution in [-0.4, -0.2) is 61.2 Å². The number of carbonyl (C=O) groups is 1. The van der Waals surface area contributed by atoms with E-state index in [1.807, 2.05) is 24.3 Å². The summed E-state index contributed by atoms with van der Waals surface area (Å²) in [5, 5.41) is 5.52. The number of hydrogen-bond donors (Lipinski definition) is 0. The lowest BCUT2D eigenvalue weighted by atomic mass is 9.85. The molecule has 0 unspecified atom stereocenters. The molecule has 0 bridgehead atoms. The number of ketones is 1. The molecule has 2 aliphatic carbocycles. The molecule has 4 aliphatic rings. The van der Waals surface area contributed by atoms with E-state index in [2.05, 4.69) is 32.8 Å². The maximum Gasteiger partial charge on any atom is 0.196 e. The molecule has 0 amide bonds. The zero-order valence-electron chi connectivity index (χ0n) is 21.3. The Hall–Kier alpha value is -2.86. The number of anilines is 2. The maximum atomic E-state index is 13.9. The second-order valence-electron chi connectivity index (χ2n) is 11.4. The van der Waals surface area contributed by atoms with Gasteiger partial charge in [-0.3, -0.25) is 9.69 Å². The first-order chi connectivity index (χ1) is 17.7. The fourth-order valence-corrected chi connectivity index (χ4v) is 7.20. The van der Waals surface area contributed by atoms with Crippen LogP contribution in [-0.2, 0) is 0 Å². The highest BCUT2D eigenvalue weighted by molar-refractivity contribution is 6.28. The summed E-state index contributed by atoms with van der Waals surface area (Å²) in [4.78, 5) is 21.6. The van der Waals surface area contributed by atoms with Gasteiger partial charge in [-0.25, -0.2) is 0 Å². The molecule has 0 spiro atoms. The van der Waals surface area contributed by atoms with Crippen molar-refractivity contribution in [2.75, 3.05) is 49.1 Å². The van der Waals surface area contributed by atoms with Crippen LogP contribution >= 0.6 is 0 Å². The molecular weight excluding hydrogens is 448 g/mol. The van der Waals surface area contributed by atoms with Crippen molar-refractivity contribution < 1.29 is 9.32 Å². The number of benzene rings is 2. The van der Waals surface area contributed by atoms with Gasteiger partial charge in [0.05, 0.1) is 22.3 Å². The molecule has 0 N–H and O–H groups in total. The molecule has 0 radical (unpaired) electrons. The normalized spacial score (nSPS) is 23.4. The van der Waals surface area contributed by atoms with Crippen molar-refractivity contribution in [2.45, 2.75) is 57.9 Å². The third-order valence-corrected chi connectivity index (χ3v) is 9.10. The van der Waals surface area contributed by atoms with E-state index in [4.69, 9.17) is 4.52 Å². The molecule has 188 valence electrons. The molecule has 6 nitrogen and oxygen atoms in total. The summed E-state index contributed by atoms with van der Waals surface area (Å²) in [6, 6.07) is 10.9. The van der Waals surface area contributed by atoms with E-state index in [0.717, 1.165) is 96.5 Å². The van der Waals surface area contributed by atoms with E-state index in [-0.39, 0.29) is 5.78 Å². The van der Waals surface area contributed by atoms with Crippen molar-refractivity contribution in [1.29, 1.82) is 0 Å². The van der Waals surface area contributed by atoms with Crippen LogP contribution in [0.1, 0.15) is 67.8 Å². The summed E-state index contributed by atoms with van der Waals surface area (Å²) in [6.07, 6.45) is 9.27. The van der Waals surface area contributed by atoms with Gasteiger partial charge in [-0.15, -0.1) is 0 Å². The van der Waals surface area contributed by atoms with E-state index in [1.165, 1.54) is 38.5 Å². The number of rotatable bonds is 3. The third-order valence-electron chi connectivity index (χ3n) is 9.10. The number of piperidine rings is 1. The molecule has 2 saturated heterocycles. The van der Waals surface area contributed by atoms with E-state index in [9.17, 15) is 4.79 Å². The predicted octanol–water partition coefficient (Wildman–Crippen LogP) is 5.73. The van der Waals surface area contributed by atoms with Crippen molar-refractivity contribution >= 4 is 28.1 Å². The molecule has 6 heteroatoms. The van der Waals surface area contributed by atoms with E-state index in [1.54, 1.807) is 0 Å². The number of hydrogen-bond acceptors (Lipinski definition) is 6. The van der Waals surface area contributed by atoms with Gasteiger partial charge in [-0.05, 0) is 37.7 Å². The van der Waals surface area contributed by atoms with E-state index >= 15 is 0 Å². The molecule has 3 heterocycles. The zero-order valence-corrected chi connectivity index (χ0v) is 21.3. The first-order valence-corrected chi connectivity index (χ1v) is 14.0. The van der Waals surface area contributed by atoms with E-state index in [0.29, 0.717) is 5.92 Å². The highest BCUT2D eigenvalue weighted by atomic mass is 16.5. The van der Waals surface area contributed by atoms with E-state index < -0.39 is 0 Å². The minimum absolute atomic E-state index is 0.105. The Labute approximate surface area is 213 Å². The number of piperazine rings is 1. The van der Waals surface area contributed by atoms with Crippen molar-refractivity contribution in [3.05, 3.63) is 41.5 Å². The van der Waals surface area contributed by atoms with Gasteiger partial charge in [0.1, 0.15) is 5.52 Å². The highest BCUT2D eigenvalue weighted by Gasteiger charge is 2.36. The number of carbonyl (C=O) groups excluding carboxylic acids is 1. The van der Waals surface area contributed by atoms with Crippen LogP contribution in [0.5, 0.6) is 0 Å². The van der Waals surface area contributed by atoms with Crippen molar-refractivity contribution in [1.82, 2.24) is 10.1 Å². The number of aromatic nitrogens is 1. The quantitative estimate of drug-likeness (QED) is 0.370. The van der Waals surface area contributed by atoms with Crippen LogP contribution in [0.15, 0.2) is 34.9 Å². The Morgan fingerprint density at radius 3 is 2.42 bits per heavy atom. The van der Waals surface area contributed by atoms with Crippen LogP contribution in [0.4, 0.5) is 11.4 Å². The molecule has 1 aromatic heterocycles. The Balaban J connectivity index is 1.32. The lowest BCUT2D eigenvalue weighted by molar-refractivity contribution is 0.104. The molecule has 3 aromatic rings. The fraction of sp³-hybridized carbons (Fsp3) is 0.533. The third kappa shape index (κ3) is 3.56. The Morgan fingerprint density at radius 2 is 1.64 bits per heavy atom. The Kier molecular flexibility index (Phi) is 5.53. The topological polar surface area (TPSA) is 52.8 Å². The molecule has 7 rings (SSSR count). The average molecular weight is 485 g/mol. The maximum absolute atomic E-state index is 13.9. The van der Waals surface area contributed by atoms with Gasteiger partial charge in [-0.2, -0.15) is 0 Å². The number of nitrogens with zero attached hydrogens (tertiary/aromatic N) is 4. The lowest BCUT2D eigenvalue weighted by Crippen LogP contribution is -2.51. The predicted molar refractivity (Wildman–Crippen MR) is 144 cm³/mol. The Bertz CT molecular complexity index is 1300. The molecule has 3 fully saturated rings. The van der Waals surface area contributed by atoms with Crippen LogP contribution < -0.4 is 9.80 Å². The molecule has 2 aliphatic heterocycles. The van der Waals surface area contributed by atoms with Gasteiger partial charge in [0.15, 0.2) is 11.5 Å². The summed E-state index contributed by atoms with van der Waals surface area (Å²) in [6.45, 7) is 8.48. The first-order valence-electron chi connectivity index (χ1n) is 14.0. The molecular formula is C30H36N4O2. The van der Waals surface area contributed by atoms with Crippen molar-refractivity contribution in [2.24, 2.45) is 5.92 Å². The summed E-state index contributed by atoms with van der Waals surface area (Å²) >= 11 is 0. The highest BCUT2D eigenvalue weighted by Crippen LogP contribution is 2.47. The van der Waals surface area contributed by atoms with Crippen molar-refractivity contribution in [3.63, 3.8) is 0 Å². The standard InChI is InChI=1S/C30H36N4O2/c1-20-8-7-13-34(19-20)24-18-25(33-16-14-32(15-17-33)21-9-3-2-4-10-21)28-27-26(24)29(35)22-11-5-6-12-23(22)30(27)36-31-28/h5-6,11-12,18,20-21H,2-4,7-10,13-17,19H2,1H3/t20-/m1/s1. The second kappa shape index (κ2) is 8.91. The largest absolute Gasteiger partial charge is 0.371 e. The minimum atomic E-state index is 0.105. The fourth-order valence-electron chi connectivity index (χ4n) is 7.20. The molecule has 1 atom stereocenters. The van der Waals surface area contributed by atoms with Crippen molar-refractivity contribution in [3.8, 4) is 11.3 Å². The first kappa shape index (κ1) is 22.3.